The third kappa shape index (κ3) is 5.41. The maximum absolute atomic E-state index is 12.7. The molecule has 0 bridgehead atoms. The van der Waals surface area contributed by atoms with Gasteiger partial charge in [0.1, 0.15) is 17.4 Å². The van der Waals surface area contributed by atoms with E-state index in [0.717, 1.165) is 24.3 Å². The van der Waals surface area contributed by atoms with Gasteiger partial charge in [-0.1, -0.05) is 27.7 Å². The molecular weight excluding hydrogens is 393 g/mol. The number of hydrogen-bond acceptors (Lipinski definition) is 3. The maximum Gasteiger partial charge on any atom is 0.416 e. The molecule has 0 aromatic heterocycles. The Morgan fingerprint density at radius 2 is 1.57 bits per heavy atom. The Morgan fingerprint density at radius 3 is 1.97 bits per heavy atom. The van der Waals surface area contributed by atoms with E-state index in [-0.39, 0.29) is 28.8 Å². The summed E-state index contributed by atoms with van der Waals surface area (Å²) < 4.78 is 38.0. The van der Waals surface area contributed by atoms with Crippen molar-refractivity contribution in [2.24, 2.45) is 0 Å². The molecule has 0 aliphatic carbocycles. The van der Waals surface area contributed by atoms with E-state index in [0.29, 0.717) is 16.7 Å². The Kier molecular flexibility index (Phi) is 6.93. The molecule has 0 saturated heterocycles. The molecule has 2 aromatic rings. The molecule has 158 valence electrons. The lowest BCUT2D eigenvalue weighted by Gasteiger charge is -2.16. The molecule has 30 heavy (non-hydrogen) atoms. The van der Waals surface area contributed by atoms with Gasteiger partial charge < -0.3 is 10.4 Å². The topological polar surface area (TPSA) is 73.1 Å². The summed E-state index contributed by atoms with van der Waals surface area (Å²) in [5.41, 5.74) is 1.10. The van der Waals surface area contributed by atoms with Crippen molar-refractivity contribution in [3.05, 3.63) is 64.2 Å². The van der Waals surface area contributed by atoms with Gasteiger partial charge in [0.15, 0.2) is 0 Å². The fourth-order valence-electron chi connectivity index (χ4n) is 2.92. The average molecular weight is 416 g/mol. The number of benzene rings is 2. The highest BCUT2D eigenvalue weighted by molar-refractivity contribution is 6.09. The SMILES string of the molecule is CC(C)c1cc(/C=C(\C#N)C(=O)Nc2ccc(C(F)(F)F)cc2)cc(C(C)C)c1O. The van der Waals surface area contributed by atoms with E-state index in [2.05, 4.69) is 5.32 Å². The first-order chi connectivity index (χ1) is 13.9. The molecule has 4 nitrogen and oxygen atoms in total. The molecular formula is C23H23F3N2O2. The van der Waals surface area contributed by atoms with Crippen molar-refractivity contribution in [3.63, 3.8) is 0 Å². The van der Waals surface area contributed by atoms with Crippen LogP contribution in [0.2, 0.25) is 0 Å². The zero-order valence-corrected chi connectivity index (χ0v) is 17.1. The van der Waals surface area contributed by atoms with Crippen LogP contribution >= 0.6 is 0 Å². The third-order valence-electron chi connectivity index (χ3n) is 4.58. The van der Waals surface area contributed by atoms with Gasteiger partial charge in [0.05, 0.1) is 5.56 Å². The van der Waals surface area contributed by atoms with Crippen LogP contribution in [0.5, 0.6) is 5.75 Å². The van der Waals surface area contributed by atoms with Crippen LogP contribution in [0.3, 0.4) is 0 Å². The molecule has 0 radical (unpaired) electrons. The third-order valence-corrected chi connectivity index (χ3v) is 4.58. The predicted molar refractivity (Wildman–Crippen MR) is 110 cm³/mol. The number of aromatic hydroxyl groups is 1. The number of phenols is 1. The van der Waals surface area contributed by atoms with Crippen molar-refractivity contribution in [3.8, 4) is 11.8 Å². The minimum Gasteiger partial charge on any atom is -0.507 e. The number of alkyl halides is 3. The van der Waals surface area contributed by atoms with Crippen LogP contribution in [0.4, 0.5) is 18.9 Å². The maximum atomic E-state index is 12.7. The van der Waals surface area contributed by atoms with Gasteiger partial charge in [-0.05, 0) is 71.0 Å². The second-order valence-corrected chi connectivity index (χ2v) is 7.56. The minimum atomic E-state index is -4.47. The van der Waals surface area contributed by atoms with Crippen LogP contribution in [-0.2, 0) is 11.0 Å². The lowest BCUT2D eigenvalue weighted by Crippen LogP contribution is -2.14. The largest absolute Gasteiger partial charge is 0.507 e. The number of phenolic OH excluding ortho intramolecular Hbond substituents is 1. The Morgan fingerprint density at radius 1 is 1.07 bits per heavy atom. The summed E-state index contributed by atoms with van der Waals surface area (Å²) in [6.45, 7) is 7.70. The summed E-state index contributed by atoms with van der Waals surface area (Å²) in [7, 11) is 0. The van der Waals surface area contributed by atoms with Gasteiger partial charge in [0, 0.05) is 5.69 Å². The molecule has 0 aliphatic rings. The highest BCUT2D eigenvalue weighted by Crippen LogP contribution is 2.35. The number of carbonyl (C=O) groups excluding carboxylic acids is 1. The summed E-state index contributed by atoms with van der Waals surface area (Å²) in [6.07, 6.45) is -3.07. The summed E-state index contributed by atoms with van der Waals surface area (Å²) in [6, 6.07) is 9.23. The van der Waals surface area contributed by atoms with Gasteiger partial charge in [-0.15, -0.1) is 0 Å². The van der Waals surface area contributed by atoms with Crippen molar-refractivity contribution in [1.29, 1.82) is 5.26 Å². The number of hydrogen-bond donors (Lipinski definition) is 2. The summed E-state index contributed by atoms with van der Waals surface area (Å²) >= 11 is 0. The van der Waals surface area contributed by atoms with Gasteiger partial charge >= 0.3 is 6.18 Å². The molecule has 0 fully saturated rings. The number of nitrogens with zero attached hydrogens (tertiary/aromatic N) is 1. The van der Waals surface area contributed by atoms with Crippen molar-refractivity contribution in [2.45, 2.75) is 45.7 Å². The van der Waals surface area contributed by atoms with Gasteiger partial charge in [0.25, 0.3) is 5.91 Å². The van der Waals surface area contributed by atoms with E-state index in [1.54, 1.807) is 12.1 Å². The monoisotopic (exact) mass is 416 g/mol. The number of anilines is 1. The van der Waals surface area contributed by atoms with Crippen LogP contribution in [0.1, 0.15) is 61.8 Å². The average Bonchev–Trinajstić information content (AvgIpc) is 2.66. The van der Waals surface area contributed by atoms with Crippen molar-refractivity contribution >= 4 is 17.7 Å². The first kappa shape index (κ1) is 23.0. The Bertz CT molecular complexity index is 970. The zero-order valence-electron chi connectivity index (χ0n) is 17.1. The smallest absolute Gasteiger partial charge is 0.416 e. The molecule has 0 unspecified atom stereocenters. The molecule has 2 N–H and O–H groups in total. The minimum absolute atomic E-state index is 0.0300. The first-order valence-electron chi connectivity index (χ1n) is 9.41. The van der Waals surface area contributed by atoms with Crippen LogP contribution in [-0.4, -0.2) is 11.0 Å². The summed E-state index contributed by atoms with van der Waals surface area (Å²) in [5.74, 6) is -0.475. The zero-order chi connectivity index (χ0) is 22.6. The summed E-state index contributed by atoms with van der Waals surface area (Å²) in [4.78, 5) is 12.5. The molecule has 0 aliphatic heterocycles. The van der Waals surface area contributed by atoms with Crippen LogP contribution < -0.4 is 5.32 Å². The Balaban J connectivity index is 2.35. The molecule has 0 heterocycles. The van der Waals surface area contributed by atoms with Crippen LogP contribution in [0, 0.1) is 11.3 Å². The molecule has 2 aromatic carbocycles. The van der Waals surface area contributed by atoms with E-state index in [4.69, 9.17) is 0 Å². The van der Waals surface area contributed by atoms with E-state index >= 15 is 0 Å². The molecule has 0 saturated carbocycles. The molecule has 0 atom stereocenters. The predicted octanol–water partition coefficient (Wildman–Crippen LogP) is 6.20. The number of amides is 1. The number of rotatable bonds is 5. The second-order valence-electron chi connectivity index (χ2n) is 7.56. The lowest BCUT2D eigenvalue weighted by atomic mass is 9.91. The molecule has 1 amide bonds. The normalized spacial score (nSPS) is 12.2. The van der Waals surface area contributed by atoms with Crippen molar-refractivity contribution in [2.75, 3.05) is 5.32 Å². The number of halogens is 3. The Labute approximate surface area is 173 Å². The molecule has 0 spiro atoms. The van der Waals surface area contributed by atoms with Gasteiger partial charge in [0.2, 0.25) is 0 Å². The molecule has 2 rings (SSSR count). The van der Waals surface area contributed by atoms with Crippen LogP contribution in [0.15, 0.2) is 42.0 Å². The number of carbonyl (C=O) groups is 1. The molecule has 7 heteroatoms. The van der Waals surface area contributed by atoms with Crippen molar-refractivity contribution in [1.82, 2.24) is 0 Å². The highest BCUT2D eigenvalue weighted by Gasteiger charge is 2.30. The quantitative estimate of drug-likeness (QED) is 0.450. The summed E-state index contributed by atoms with van der Waals surface area (Å²) in [5, 5.41) is 22.3. The van der Waals surface area contributed by atoms with E-state index in [1.807, 2.05) is 33.8 Å². The first-order valence-corrected chi connectivity index (χ1v) is 9.41. The van der Waals surface area contributed by atoms with E-state index in [9.17, 15) is 28.3 Å². The fourth-order valence-corrected chi connectivity index (χ4v) is 2.92. The number of nitriles is 1. The van der Waals surface area contributed by atoms with Gasteiger partial charge in [-0.25, -0.2) is 0 Å². The number of nitrogens with one attached hydrogen (secondary N) is 1. The van der Waals surface area contributed by atoms with Gasteiger partial charge in [-0.3, -0.25) is 4.79 Å². The second kappa shape index (κ2) is 9.04. The van der Waals surface area contributed by atoms with E-state index in [1.165, 1.54) is 6.08 Å². The fraction of sp³-hybridized carbons (Fsp3) is 0.304. The highest BCUT2D eigenvalue weighted by atomic mass is 19.4. The Hall–Kier alpha value is -3.27. The van der Waals surface area contributed by atoms with Crippen molar-refractivity contribution < 1.29 is 23.1 Å². The standard InChI is InChI=1S/C23H23F3N2O2/c1-13(2)19-10-15(11-20(14(3)4)21(19)29)9-16(12-27)22(30)28-18-7-5-17(6-8-18)23(24,25)26/h5-11,13-14,29H,1-4H3,(H,28,30)/b16-9+. The van der Waals surface area contributed by atoms with E-state index < -0.39 is 17.6 Å². The van der Waals surface area contributed by atoms with Crippen LogP contribution in [0.25, 0.3) is 6.08 Å². The van der Waals surface area contributed by atoms with Gasteiger partial charge in [-0.2, -0.15) is 18.4 Å². The lowest BCUT2D eigenvalue weighted by molar-refractivity contribution is -0.137.